The van der Waals surface area contributed by atoms with Gasteiger partial charge in [0.2, 0.25) is 6.41 Å². The van der Waals surface area contributed by atoms with Gasteiger partial charge in [0.1, 0.15) is 18.1 Å². The van der Waals surface area contributed by atoms with Crippen molar-refractivity contribution in [2.24, 2.45) is 0 Å². The summed E-state index contributed by atoms with van der Waals surface area (Å²) in [5, 5.41) is 0.614. The number of halogens is 1. The van der Waals surface area contributed by atoms with Gasteiger partial charge in [0.05, 0.1) is 12.1 Å². The lowest BCUT2D eigenvalue weighted by molar-refractivity contribution is -0.118. The smallest absolute Gasteiger partial charge is 0.209 e. The average molecular weight is 376 g/mol. The minimum Gasteiger partial charge on any atom is -0.496 e. The molecule has 2 aromatic carbocycles. The van der Waals surface area contributed by atoms with Crippen LogP contribution in [0.5, 0.6) is 11.5 Å². The predicted octanol–water partition coefficient (Wildman–Crippen LogP) is 4.86. The quantitative estimate of drug-likeness (QED) is 0.700. The number of benzene rings is 2. The van der Waals surface area contributed by atoms with E-state index >= 15 is 0 Å². The van der Waals surface area contributed by atoms with E-state index in [2.05, 4.69) is 0 Å². The number of ether oxygens (including phenoxy) is 2. The number of rotatable bonds is 5. The van der Waals surface area contributed by atoms with E-state index in [1.807, 2.05) is 54.3 Å². The Morgan fingerprint density at radius 3 is 2.42 bits per heavy atom. The van der Waals surface area contributed by atoms with Crippen LogP contribution in [0.2, 0.25) is 5.02 Å². The van der Waals surface area contributed by atoms with E-state index in [1.165, 1.54) is 19.3 Å². The molecule has 1 aliphatic heterocycles. The van der Waals surface area contributed by atoms with Crippen LogP contribution in [0.25, 0.3) is 0 Å². The van der Waals surface area contributed by atoms with Crippen LogP contribution in [-0.4, -0.2) is 31.5 Å². The van der Waals surface area contributed by atoms with Gasteiger partial charge in [0.15, 0.2) is 0 Å². The van der Waals surface area contributed by atoms with E-state index in [0.29, 0.717) is 17.4 Å². The summed E-state index contributed by atoms with van der Waals surface area (Å²) in [6, 6.07) is 13.5. The van der Waals surface area contributed by atoms with Crippen LogP contribution in [0.3, 0.4) is 0 Å². The maximum absolute atomic E-state index is 10.1. The van der Waals surface area contributed by atoms with Gasteiger partial charge in [-0.15, -0.1) is 0 Å². The van der Waals surface area contributed by atoms with Crippen molar-refractivity contribution in [3.05, 3.63) is 58.6 Å². The van der Waals surface area contributed by atoms with Crippen molar-refractivity contribution in [1.82, 2.24) is 4.90 Å². The fourth-order valence-electron chi connectivity index (χ4n) is 2.71. The van der Waals surface area contributed by atoms with Crippen molar-refractivity contribution in [2.45, 2.75) is 32.8 Å². The summed E-state index contributed by atoms with van der Waals surface area (Å²) in [4.78, 5) is 11.9. The van der Waals surface area contributed by atoms with Crippen LogP contribution in [0.15, 0.2) is 42.5 Å². The van der Waals surface area contributed by atoms with E-state index in [9.17, 15) is 4.79 Å². The van der Waals surface area contributed by atoms with Gasteiger partial charge in [-0.2, -0.15) is 0 Å². The highest BCUT2D eigenvalue weighted by Gasteiger charge is 2.06. The zero-order chi connectivity index (χ0) is 18.8. The lowest BCUT2D eigenvalue weighted by Gasteiger charge is -2.21. The first-order chi connectivity index (χ1) is 12.6. The highest BCUT2D eigenvalue weighted by molar-refractivity contribution is 6.32. The van der Waals surface area contributed by atoms with Crippen LogP contribution < -0.4 is 9.47 Å². The van der Waals surface area contributed by atoms with E-state index < -0.39 is 0 Å². The molecule has 0 spiro atoms. The van der Waals surface area contributed by atoms with E-state index in [-0.39, 0.29) is 0 Å². The molecule has 5 heteroatoms. The molecule has 0 atom stereocenters. The SMILES string of the molecule is COc1cc(C)ccc1COc1ccccc1Cl.O=CN1CCCCC1. The van der Waals surface area contributed by atoms with Crippen molar-refractivity contribution in [3.8, 4) is 11.5 Å². The number of piperidine rings is 1. The molecule has 1 heterocycles. The van der Waals surface area contributed by atoms with Crippen molar-refractivity contribution >= 4 is 18.0 Å². The van der Waals surface area contributed by atoms with Crippen molar-refractivity contribution in [1.29, 1.82) is 0 Å². The molecule has 1 fully saturated rings. The van der Waals surface area contributed by atoms with Crippen molar-refractivity contribution in [2.75, 3.05) is 20.2 Å². The van der Waals surface area contributed by atoms with Gasteiger partial charge in [-0.3, -0.25) is 4.79 Å². The number of hydrogen-bond acceptors (Lipinski definition) is 3. The lowest BCUT2D eigenvalue weighted by Crippen LogP contribution is -2.27. The Balaban J connectivity index is 0.000000254. The first-order valence-electron chi connectivity index (χ1n) is 8.84. The Kier molecular flexibility index (Phi) is 8.29. The molecule has 140 valence electrons. The third kappa shape index (κ3) is 6.26. The maximum atomic E-state index is 10.1. The summed E-state index contributed by atoms with van der Waals surface area (Å²) in [5.74, 6) is 1.52. The van der Waals surface area contributed by atoms with Gasteiger partial charge in [-0.25, -0.2) is 0 Å². The maximum Gasteiger partial charge on any atom is 0.209 e. The zero-order valence-electron chi connectivity index (χ0n) is 15.4. The molecule has 26 heavy (non-hydrogen) atoms. The van der Waals surface area contributed by atoms with Gasteiger partial charge in [0.25, 0.3) is 0 Å². The summed E-state index contributed by atoms with van der Waals surface area (Å²) < 4.78 is 11.0. The van der Waals surface area contributed by atoms with Crippen LogP contribution in [0.4, 0.5) is 0 Å². The molecular formula is C21H26ClNO3. The largest absolute Gasteiger partial charge is 0.496 e. The van der Waals surface area contributed by atoms with Crippen LogP contribution >= 0.6 is 11.6 Å². The minimum absolute atomic E-state index is 0.438. The van der Waals surface area contributed by atoms with Crippen molar-refractivity contribution < 1.29 is 14.3 Å². The second-order valence-electron chi connectivity index (χ2n) is 6.24. The van der Waals surface area contributed by atoms with Crippen LogP contribution in [0.1, 0.15) is 30.4 Å². The van der Waals surface area contributed by atoms with Crippen LogP contribution in [-0.2, 0) is 11.4 Å². The molecule has 0 saturated carbocycles. The molecule has 0 bridgehead atoms. The number of para-hydroxylation sites is 1. The minimum atomic E-state index is 0.438. The second kappa shape index (κ2) is 10.7. The molecular weight excluding hydrogens is 350 g/mol. The fraction of sp³-hybridized carbons (Fsp3) is 0.381. The summed E-state index contributed by atoms with van der Waals surface area (Å²) in [6.45, 7) is 4.42. The molecule has 3 rings (SSSR count). The first-order valence-corrected chi connectivity index (χ1v) is 9.22. The number of likely N-dealkylation sites (tertiary alicyclic amines) is 1. The molecule has 0 aromatic heterocycles. The zero-order valence-corrected chi connectivity index (χ0v) is 16.2. The van der Waals surface area contributed by atoms with Gasteiger partial charge < -0.3 is 14.4 Å². The van der Waals surface area contributed by atoms with E-state index in [0.717, 1.165) is 36.4 Å². The third-order valence-corrected chi connectivity index (χ3v) is 4.51. The highest BCUT2D eigenvalue weighted by atomic mass is 35.5. The molecule has 0 unspecified atom stereocenters. The summed E-state index contributed by atoms with van der Waals surface area (Å²) >= 11 is 6.03. The molecule has 1 saturated heterocycles. The van der Waals surface area contributed by atoms with Crippen molar-refractivity contribution in [3.63, 3.8) is 0 Å². The average Bonchev–Trinajstić information content (AvgIpc) is 2.69. The molecule has 4 nitrogen and oxygen atoms in total. The summed E-state index contributed by atoms with van der Waals surface area (Å²) in [7, 11) is 1.66. The Morgan fingerprint density at radius 1 is 1.08 bits per heavy atom. The molecule has 1 aliphatic rings. The highest BCUT2D eigenvalue weighted by Crippen LogP contribution is 2.26. The Morgan fingerprint density at radius 2 is 1.81 bits per heavy atom. The normalized spacial score (nSPS) is 13.4. The number of amides is 1. The molecule has 1 amide bonds. The summed E-state index contributed by atoms with van der Waals surface area (Å²) in [6.07, 6.45) is 4.63. The number of nitrogens with zero attached hydrogens (tertiary/aromatic N) is 1. The molecule has 2 aromatic rings. The monoisotopic (exact) mass is 375 g/mol. The number of carbonyl (C=O) groups excluding carboxylic acids is 1. The Labute approximate surface area is 160 Å². The molecule has 0 radical (unpaired) electrons. The van der Waals surface area contributed by atoms with Gasteiger partial charge in [0, 0.05) is 18.7 Å². The number of aryl methyl sites for hydroxylation is 1. The topological polar surface area (TPSA) is 38.8 Å². The van der Waals surface area contributed by atoms with Crippen LogP contribution in [0, 0.1) is 6.92 Å². The number of methoxy groups -OCH3 is 1. The fourth-order valence-corrected chi connectivity index (χ4v) is 2.90. The Bertz CT molecular complexity index is 699. The van der Waals surface area contributed by atoms with E-state index in [4.69, 9.17) is 21.1 Å². The van der Waals surface area contributed by atoms with Gasteiger partial charge >= 0.3 is 0 Å². The second-order valence-corrected chi connectivity index (χ2v) is 6.64. The number of hydrogen-bond donors (Lipinski definition) is 0. The van der Waals surface area contributed by atoms with Gasteiger partial charge in [-0.1, -0.05) is 35.9 Å². The lowest BCUT2D eigenvalue weighted by atomic mass is 10.1. The standard InChI is InChI=1S/C15H15ClO2.C6H11NO/c1-11-7-8-12(15(9-11)17-2)10-18-14-6-4-3-5-13(14)16;8-6-7-4-2-1-3-5-7/h3-9H,10H2,1-2H3;6H,1-5H2. The number of carbonyl (C=O) groups is 1. The van der Waals surface area contributed by atoms with E-state index in [1.54, 1.807) is 7.11 Å². The summed E-state index contributed by atoms with van der Waals surface area (Å²) in [5.41, 5.74) is 2.16. The third-order valence-electron chi connectivity index (χ3n) is 4.20. The molecule has 0 aliphatic carbocycles. The first kappa shape index (κ1) is 20.1. The predicted molar refractivity (Wildman–Crippen MR) is 105 cm³/mol. The molecule has 0 N–H and O–H groups in total. The van der Waals surface area contributed by atoms with Gasteiger partial charge in [-0.05, 0) is 49.9 Å². The Hall–Kier alpha value is -2.20.